The Morgan fingerprint density at radius 3 is 2.65 bits per heavy atom. The topological polar surface area (TPSA) is 133 Å². The van der Waals surface area contributed by atoms with Crippen LogP contribution < -0.4 is 5.56 Å². The van der Waals surface area contributed by atoms with Crippen LogP contribution in [0.5, 0.6) is 0 Å². The normalized spacial score (nSPS) is 25.8. The Morgan fingerprint density at radius 2 is 1.96 bits per heavy atom. The highest BCUT2D eigenvalue weighted by Gasteiger charge is 2.44. The van der Waals surface area contributed by atoms with Crippen molar-refractivity contribution in [3.05, 3.63) is 58.4 Å². The van der Waals surface area contributed by atoms with Gasteiger partial charge in [0.25, 0.3) is 5.56 Å². The van der Waals surface area contributed by atoms with Gasteiger partial charge in [-0.25, -0.2) is 9.97 Å². The molecule has 1 fully saturated rings. The van der Waals surface area contributed by atoms with Crippen molar-refractivity contribution in [1.82, 2.24) is 19.5 Å². The number of aliphatic hydroxyl groups is 3. The van der Waals surface area contributed by atoms with E-state index in [2.05, 4.69) is 15.0 Å². The number of imidazole rings is 1. The van der Waals surface area contributed by atoms with E-state index in [1.165, 1.54) is 10.9 Å². The number of fused-ring (bicyclic) bond motifs is 1. The summed E-state index contributed by atoms with van der Waals surface area (Å²) in [5, 5.41) is 29.4. The summed E-state index contributed by atoms with van der Waals surface area (Å²) in [6.07, 6.45) is -2.67. The highest BCUT2D eigenvalue weighted by atomic mass is 16.6. The summed E-state index contributed by atoms with van der Waals surface area (Å²) < 4.78 is 6.91. The molecule has 136 valence electrons. The number of rotatable bonds is 4. The molecular weight excluding hydrogens is 340 g/mol. The minimum atomic E-state index is -1.27. The maximum absolute atomic E-state index is 12.3. The molecular formula is C17H18N4O5. The maximum atomic E-state index is 12.3. The van der Waals surface area contributed by atoms with Gasteiger partial charge in [-0.2, -0.15) is 0 Å². The summed E-state index contributed by atoms with van der Waals surface area (Å²) in [6.45, 7) is -0.436. The molecule has 26 heavy (non-hydrogen) atoms. The molecule has 0 bridgehead atoms. The van der Waals surface area contributed by atoms with Crippen LogP contribution in [0.15, 0.2) is 41.5 Å². The zero-order valence-corrected chi connectivity index (χ0v) is 13.7. The van der Waals surface area contributed by atoms with E-state index in [0.717, 1.165) is 5.56 Å². The van der Waals surface area contributed by atoms with Gasteiger partial charge >= 0.3 is 0 Å². The summed E-state index contributed by atoms with van der Waals surface area (Å²) in [5.41, 5.74) is 0.939. The van der Waals surface area contributed by atoms with E-state index in [-0.39, 0.29) is 11.2 Å². The minimum absolute atomic E-state index is 0.111. The van der Waals surface area contributed by atoms with E-state index in [4.69, 9.17) is 4.74 Å². The summed E-state index contributed by atoms with van der Waals surface area (Å²) in [7, 11) is 0. The van der Waals surface area contributed by atoms with Gasteiger partial charge in [0.2, 0.25) is 0 Å². The first kappa shape index (κ1) is 16.9. The standard InChI is InChI=1S/C17H18N4O5/c22-7-10-13(23)14(24)17(26-10)21-8-18-12-15(21)19-11(20-16(12)25)6-9-4-2-1-3-5-9/h1-5,8,10,13-14,17,22-24H,6-7H2,(H,19,20,25)/t10-,13-,14-,17-/m1/s1. The molecule has 1 aromatic carbocycles. The van der Waals surface area contributed by atoms with Crippen LogP contribution in [0.25, 0.3) is 11.2 Å². The van der Waals surface area contributed by atoms with Crippen molar-refractivity contribution in [2.75, 3.05) is 6.61 Å². The van der Waals surface area contributed by atoms with Gasteiger partial charge in [-0.05, 0) is 5.56 Å². The zero-order chi connectivity index (χ0) is 18.3. The molecule has 0 aliphatic carbocycles. The van der Waals surface area contributed by atoms with E-state index >= 15 is 0 Å². The number of H-pyrrole nitrogens is 1. The smallest absolute Gasteiger partial charge is 0.279 e. The molecule has 2 aromatic heterocycles. The average molecular weight is 358 g/mol. The molecule has 9 nitrogen and oxygen atoms in total. The number of hydrogen-bond donors (Lipinski definition) is 4. The summed E-state index contributed by atoms with van der Waals surface area (Å²) in [6, 6.07) is 9.55. The molecule has 3 heterocycles. The fourth-order valence-electron chi connectivity index (χ4n) is 3.14. The molecule has 0 radical (unpaired) electrons. The third-order valence-corrected chi connectivity index (χ3v) is 4.49. The van der Waals surface area contributed by atoms with E-state index in [9.17, 15) is 20.1 Å². The lowest BCUT2D eigenvalue weighted by Crippen LogP contribution is -2.33. The lowest BCUT2D eigenvalue weighted by atomic mass is 10.1. The lowest BCUT2D eigenvalue weighted by molar-refractivity contribution is -0.0511. The van der Waals surface area contributed by atoms with Gasteiger partial charge < -0.3 is 25.0 Å². The van der Waals surface area contributed by atoms with Crippen LogP contribution >= 0.6 is 0 Å². The van der Waals surface area contributed by atoms with Crippen molar-refractivity contribution in [3.8, 4) is 0 Å². The van der Waals surface area contributed by atoms with Crippen LogP contribution in [0.1, 0.15) is 17.6 Å². The average Bonchev–Trinajstić information content (AvgIpc) is 3.18. The number of ether oxygens (including phenoxy) is 1. The van der Waals surface area contributed by atoms with Crippen LogP contribution in [0.2, 0.25) is 0 Å². The maximum Gasteiger partial charge on any atom is 0.279 e. The molecule has 4 N–H and O–H groups in total. The van der Waals surface area contributed by atoms with E-state index in [1.807, 2.05) is 30.3 Å². The first-order chi connectivity index (χ1) is 12.6. The predicted molar refractivity (Wildman–Crippen MR) is 90.4 cm³/mol. The first-order valence-electron chi connectivity index (χ1n) is 8.20. The number of benzene rings is 1. The highest BCUT2D eigenvalue weighted by molar-refractivity contribution is 5.69. The molecule has 0 amide bonds. The Labute approximate surface area is 147 Å². The number of hydrogen-bond acceptors (Lipinski definition) is 7. The highest BCUT2D eigenvalue weighted by Crippen LogP contribution is 2.30. The third-order valence-electron chi connectivity index (χ3n) is 4.49. The molecule has 4 rings (SSSR count). The van der Waals surface area contributed by atoms with Crippen LogP contribution in [0.3, 0.4) is 0 Å². The van der Waals surface area contributed by atoms with Gasteiger partial charge in [0.15, 0.2) is 17.4 Å². The zero-order valence-electron chi connectivity index (χ0n) is 13.7. The Morgan fingerprint density at radius 1 is 1.19 bits per heavy atom. The second-order valence-corrected chi connectivity index (χ2v) is 6.23. The summed E-state index contributed by atoms with van der Waals surface area (Å²) >= 11 is 0. The van der Waals surface area contributed by atoms with Crippen molar-refractivity contribution in [2.24, 2.45) is 0 Å². The van der Waals surface area contributed by atoms with Gasteiger partial charge in [0.1, 0.15) is 24.1 Å². The second kappa shape index (κ2) is 6.61. The third kappa shape index (κ3) is 2.80. The van der Waals surface area contributed by atoms with Crippen molar-refractivity contribution in [1.29, 1.82) is 0 Å². The van der Waals surface area contributed by atoms with Crippen LogP contribution in [-0.4, -0.2) is 59.8 Å². The van der Waals surface area contributed by atoms with E-state index < -0.39 is 36.7 Å². The Hall–Kier alpha value is -2.59. The van der Waals surface area contributed by atoms with E-state index in [0.29, 0.717) is 12.2 Å². The lowest BCUT2D eigenvalue weighted by Gasteiger charge is -2.16. The van der Waals surface area contributed by atoms with Crippen LogP contribution in [0.4, 0.5) is 0 Å². The predicted octanol–water partition coefficient (Wildman–Crippen LogP) is -0.678. The number of nitrogens with one attached hydrogen (secondary N) is 1. The molecule has 1 saturated heterocycles. The minimum Gasteiger partial charge on any atom is -0.394 e. The molecule has 0 unspecified atom stereocenters. The van der Waals surface area contributed by atoms with Crippen molar-refractivity contribution >= 4 is 11.2 Å². The number of aliphatic hydroxyl groups excluding tert-OH is 3. The Bertz CT molecular complexity index is 970. The molecule has 9 heteroatoms. The fourth-order valence-corrected chi connectivity index (χ4v) is 3.14. The van der Waals surface area contributed by atoms with Gasteiger partial charge in [0, 0.05) is 6.42 Å². The number of nitrogens with zero attached hydrogens (tertiary/aromatic N) is 3. The molecule has 4 atom stereocenters. The quantitative estimate of drug-likeness (QED) is 0.486. The fraction of sp³-hybridized carbons (Fsp3) is 0.353. The Balaban J connectivity index is 1.74. The van der Waals surface area contributed by atoms with Gasteiger partial charge in [0.05, 0.1) is 12.9 Å². The largest absolute Gasteiger partial charge is 0.394 e. The Kier molecular flexibility index (Phi) is 4.29. The SMILES string of the molecule is O=c1[nH]c(Cc2ccccc2)nc2c1ncn2[C@@H]1O[C@H](CO)[C@@H](O)[C@H]1O. The number of aromatic amines is 1. The summed E-state index contributed by atoms with van der Waals surface area (Å²) in [4.78, 5) is 23.5. The van der Waals surface area contributed by atoms with Crippen molar-refractivity contribution in [3.63, 3.8) is 0 Å². The van der Waals surface area contributed by atoms with Crippen LogP contribution in [0, 0.1) is 0 Å². The number of aromatic nitrogens is 4. The molecule has 1 aliphatic heterocycles. The molecule has 3 aromatic rings. The van der Waals surface area contributed by atoms with Gasteiger partial charge in [-0.15, -0.1) is 0 Å². The first-order valence-corrected chi connectivity index (χ1v) is 8.20. The molecule has 0 saturated carbocycles. The second-order valence-electron chi connectivity index (χ2n) is 6.23. The summed E-state index contributed by atoms with van der Waals surface area (Å²) in [5.74, 6) is 0.446. The monoisotopic (exact) mass is 358 g/mol. The van der Waals surface area contributed by atoms with Crippen LogP contribution in [-0.2, 0) is 11.2 Å². The molecule has 1 aliphatic rings. The van der Waals surface area contributed by atoms with E-state index in [1.54, 1.807) is 0 Å². The van der Waals surface area contributed by atoms with Gasteiger partial charge in [-0.1, -0.05) is 30.3 Å². The van der Waals surface area contributed by atoms with Crippen molar-refractivity contribution in [2.45, 2.75) is 31.0 Å². The van der Waals surface area contributed by atoms with Gasteiger partial charge in [-0.3, -0.25) is 9.36 Å². The van der Waals surface area contributed by atoms with Crippen molar-refractivity contribution < 1.29 is 20.1 Å². The molecule has 0 spiro atoms.